The normalized spacial score (nSPS) is 17.2. The summed E-state index contributed by atoms with van der Waals surface area (Å²) in [4.78, 5) is 29.1. The van der Waals surface area contributed by atoms with Gasteiger partial charge in [-0.1, -0.05) is 24.1 Å². The van der Waals surface area contributed by atoms with Crippen LogP contribution in [0.25, 0.3) is 10.9 Å². The number of carbonyl (C=O) groups is 1. The number of aromatic nitrogens is 2. The van der Waals surface area contributed by atoms with E-state index in [9.17, 15) is 18.0 Å². The van der Waals surface area contributed by atoms with Gasteiger partial charge in [0.25, 0.3) is 0 Å². The molecule has 1 fully saturated rings. The molecule has 8 nitrogen and oxygen atoms in total. The van der Waals surface area contributed by atoms with Crippen molar-refractivity contribution in [1.82, 2.24) is 13.9 Å². The molecule has 0 saturated carbocycles. The van der Waals surface area contributed by atoms with Crippen LogP contribution in [-0.2, 0) is 21.4 Å². The zero-order valence-corrected chi connectivity index (χ0v) is 20.0. The van der Waals surface area contributed by atoms with Gasteiger partial charge in [0.2, 0.25) is 15.9 Å². The predicted octanol–water partition coefficient (Wildman–Crippen LogP) is 3.56. The average Bonchev–Trinajstić information content (AvgIpc) is 2.78. The second kappa shape index (κ2) is 9.24. The Hall–Kier alpha value is -2.75. The van der Waals surface area contributed by atoms with E-state index in [1.54, 1.807) is 31.2 Å². The van der Waals surface area contributed by atoms with E-state index in [1.165, 1.54) is 27.2 Å². The van der Waals surface area contributed by atoms with Gasteiger partial charge in [-0.25, -0.2) is 18.2 Å². The summed E-state index contributed by atoms with van der Waals surface area (Å²) in [5.74, 6) is -0.421. The fourth-order valence-corrected chi connectivity index (χ4v) is 6.04. The molecule has 4 rings (SSSR count). The van der Waals surface area contributed by atoms with E-state index >= 15 is 0 Å². The standard InChI is InChI=1S/C23H25ClN4O4S/c1-15-6-3-4-11-28(15)33(31,32)18-9-10-21-17(12-18)13-25-23(30)27(21)14-22(29)26-20-8-5-7-19(24)16(20)2/h5,7-10,12-13,15H,3-4,6,11,14H2,1-2H3,(H,26,29). The molecular formula is C23H25ClN4O4S. The minimum absolute atomic E-state index is 0.0647. The van der Waals surface area contributed by atoms with Gasteiger partial charge < -0.3 is 5.32 Å². The van der Waals surface area contributed by atoms with Gasteiger partial charge >= 0.3 is 5.69 Å². The molecule has 1 aromatic heterocycles. The summed E-state index contributed by atoms with van der Waals surface area (Å²) in [5, 5.41) is 3.75. The van der Waals surface area contributed by atoms with Crippen LogP contribution in [0, 0.1) is 6.92 Å². The maximum Gasteiger partial charge on any atom is 0.348 e. The number of nitrogens with zero attached hydrogens (tertiary/aromatic N) is 3. The molecule has 0 aliphatic carbocycles. The first-order valence-corrected chi connectivity index (χ1v) is 12.6. The smallest absolute Gasteiger partial charge is 0.324 e. The van der Waals surface area contributed by atoms with E-state index in [-0.39, 0.29) is 17.5 Å². The maximum atomic E-state index is 13.2. The van der Waals surface area contributed by atoms with Crippen molar-refractivity contribution in [2.45, 2.75) is 50.6 Å². The Labute approximate surface area is 197 Å². The van der Waals surface area contributed by atoms with Gasteiger partial charge in [0.05, 0.1) is 10.4 Å². The van der Waals surface area contributed by atoms with E-state index in [0.29, 0.717) is 28.2 Å². The van der Waals surface area contributed by atoms with Crippen molar-refractivity contribution in [3.8, 4) is 0 Å². The number of fused-ring (bicyclic) bond motifs is 1. The third-order valence-corrected chi connectivity index (χ3v) is 8.45. The zero-order valence-electron chi connectivity index (χ0n) is 18.4. The number of amides is 1. The van der Waals surface area contributed by atoms with Gasteiger partial charge in [-0.2, -0.15) is 4.31 Å². The second-order valence-corrected chi connectivity index (χ2v) is 10.6. The van der Waals surface area contributed by atoms with Crippen LogP contribution in [0.15, 0.2) is 52.3 Å². The number of sulfonamides is 1. The molecule has 174 valence electrons. The summed E-state index contributed by atoms with van der Waals surface area (Å²) in [6.07, 6.45) is 4.01. The van der Waals surface area contributed by atoms with E-state index in [4.69, 9.17) is 11.6 Å². The predicted molar refractivity (Wildman–Crippen MR) is 128 cm³/mol. The Balaban J connectivity index is 1.65. The fourth-order valence-electron chi connectivity index (χ4n) is 4.13. The van der Waals surface area contributed by atoms with E-state index in [0.717, 1.165) is 24.8 Å². The number of rotatable bonds is 5. The molecule has 1 N–H and O–H groups in total. The molecule has 1 unspecified atom stereocenters. The van der Waals surface area contributed by atoms with E-state index in [2.05, 4.69) is 10.3 Å². The summed E-state index contributed by atoms with van der Waals surface area (Å²) in [6, 6.07) is 9.65. The monoisotopic (exact) mass is 488 g/mol. The number of piperidine rings is 1. The summed E-state index contributed by atoms with van der Waals surface area (Å²) in [7, 11) is -3.67. The molecule has 33 heavy (non-hydrogen) atoms. The summed E-state index contributed by atoms with van der Waals surface area (Å²) < 4.78 is 29.1. The lowest BCUT2D eigenvalue weighted by atomic mass is 10.1. The Morgan fingerprint density at radius 3 is 2.79 bits per heavy atom. The van der Waals surface area contributed by atoms with Crippen molar-refractivity contribution >= 4 is 44.1 Å². The van der Waals surface area contributed by atoms with Crippen LogP contribution < -0.4 is 11.0 Å². The van der Waals surface area contributed by atoms with Crippen LogP contribution in [0.3, 0.4) is 0 Å². The minimum atomic E-state index is -3.67. The van der Waals surface area contributed by atoms with Gasteiger partial charge in [0.1, 0.15) is 6.54 Å². The first-order valence-electron chi connectivity index (χ1n) is 10.7. The lowest BCUT2D eigenvalue weighted by molar-refractivity contribution is -0.116. The highest BCUT2D eigenvalue weighted by Crippen LogP contribution is 2.27. The lowest BCUT2D eigenvalue weighted by Crippen LogP contribution is -2.41. The Bertz CT molecular complexity index is 1390. The number of benzene rings is 2. The third kappa shape index (κ3) is 4.66. The fraction of sp³-hybridized carbons (Fsp3) is 0.348. The molecule has 2 aromatic carbocycles. The zero-order chi connectivity index (χ0) is 23.8. The molecule has 0 radical (unpaired) electrons. The lowest BCUT2D eigenvalue weighted by Gasteiger charge is -2.32. The highest BCUT2D eigenvalue weighted by atomic mass is 35.5. The molecule has 0 bridgehead atoms. The van der Waals surface area contributed by atoms with Crippen LogP contribution in [0.2, 0.25) is 5.02 Å². The summed E-state index contributed by atoms with van der Waals surface area (Å²) in [5.41, 5.74) is 1.11. The molecule has 3 aromatic rings. The van der Waals surface area contributed by atoms with E-state index < -0.39 is 21.6 Å². The highest BCUT2D eigenvalue weighted by molar-refractivity contribution is 7.89. The average molecular weight is 489 g/mol. The van der Waals surface area contributed by atoms with Crippen LogP contribution in [-0.4, -0.2) is 40.8 Å². The molecular weight excluding hydrogens is 464 g/mol. The van der Waals surface area contributed by atoms with Crippen LogP contribution in [0.5, 0.6) is 0 Å². The molecule has 1 amide bonds. The van der Waals surface area contributed by atoms with Crippen molar-refractivity contribution in [3.63, 3.8) is 0 Å². The Morgan fingerprint density at radius 2 is 2.03 bits per heavy atom. The van der Waals surface area contributed by atoms with Crippen LogP contribution in [0.4, 0.5) is 5.69 Å². The molecule has 10 heteroatoms. The van der Waals surface area contributed by atoms with Crippen molar-refractivity contribution in [3.05, 3.63) is 63.7 Å². The number of halogens is 1. The van der Waals surface area contributed by atoms with E-state index in [1.807, 2.05) is 6.92 Å². The van der Waals surface area contributed by atoms with Gasteiger partial charge in [-0.3, -0.25) is 9.36 Å². The Morgan fingerprint density at radius 1 is 1.24 bits per heavy atom. The topological polar surface area (TPSA) is 101 Å². The van der Waals surface area contributed by atoms with Gasteiger partial charge in [0.15, 0.2) is 0 Å². The first-order chi connectivity index (χ1) is 15.7. The number of anilines is 1. The largest absolute Gasteiger partial charge is 0.348 e. The first kappa shape index (κ1) is 23.4. The van der Waals surface area contributed by atoms with Gasteiger partial charge in [0, 0.05) is 34.9 Å². The quantitative estimate of drug-likeness (QED) is 0.591. The van der Waals surface area contributed by atoms with Crippen molar-refractivity contribution in [1.29, 1.82) is 0 Å². The molecule has 0 spiro atoms. The van der Waals surface area contributed by atoms with Gasteiger partial charge in [-0.15, -0.1) is 0 Å². The highest BCUT2D eigenvalue weighted by Gasteiger charge is 2.31. The third-order valence-electron chi connectivity index (χ3n) is 6.03. The summed E-state index contributed by atoms with van der Waals surface area (Å²) in [6.45, 7) is 3.92. The summed E-state index contributed by atoms with van der Waals surface area (Å²) >= 11 is 6.11. The minimum Gasteiger partial charge on any atom is -0.324 e. The molecule has 1 atom stereocenters. The Kier molecular flexibility index (Phi) is 6.56. The van der Waals surface area contributed by atoms with Crippen LogP contribution in [0.1, 0.15) is 31.7 Å². The number of hydrogen-bond acceptors (Lipinski definition) is 5. The number of carbonyl (C=O) groups excluding carboxylic acids is 1. The SMILES string of the molecule is Cc1c(Cl)cccc1NC(=O)Cn1c(=O)ncc2cc(S(=O)(=O)N3CCCCC3C)ccc21. The van der Waals surface area contributed by atoms with Gasteiger partial charge in [-0.05, 0) is 62.6 Å². The van der Waals surface area contributed by atoms with Crippen LogP contribution >= 0.6 is 11.6 Å². The number of nitrogens with one attached hydrogen (secondary N) is 1. The molecule has 2 heterocycles. The van der Waals surface area contributed by atoms with Crippen molar-refractivity contribution < 1.29 is 13.2 Å². The molecule has 1 aliphatic rings. The van der Waals surface area contributed by atoms with Crippen molar-refractivity contribution in [2.75, 3.05) is 11.9 Å². The number of hydrogen-bond donors (Lipinski definition) is 1. The molecule has 1 saturated heterocycles. The maximum absolute atomic E-state index is 13.2. The van der Waals surface area contributed by atoms with Crippen molar-refractivity contribution in [2.24, 2.45) is 0 Å². The second-order valence-electron chi connectivity index (χ2n) is 8.27. The molecule has 1 aliphatic heterocycles.